The van der Waals surface area contributed by atoms with E-state index in [-0.39, 0.29) is 17.9 Å². The van der Waals surface area contributed by atoms with Crippen molar-refractivity contribution >= 4 is 22.3 Å². The lowest BCUT2D eigenvalue weighted by atomic mass is 10.0. The van der Waals surface area contributed by atoms with E-state index >= 15 is 0 Å². The number of rotatable bonds is 8. The molecule has 176 valence electrons. The molecule has 9 heteroatoms. The van der Waals surface area contributed by atoms with Gasteiger partial charge in [0.05, 0.1) is 43.4 Å². The Morgan fingerprint density at radius 2 is 1.85 bits per heavy atom. The highest BCUT2D eigenvalue weighted by Crippen LogP contribution is 2.39. The van der Waals surface area contributed by atoms with Crippen LogP contribution in [0.15, 0.2) is 35.1 Å². The third-order valence-corrected chi connectivity index (χ3v) is 6.63. The van der Waals surface area contributed by atoms with Gasteiger partial charge in [-0.25, -0.2) is 4.79 Å². The van der Waals surface area contributed by atoms with Crippen LogP contribution in [0.2, 0.25) is 0 Å². The number of methoxy groups -OCH3 is 3. The van der Waals surface area contributed by atoms with Crippen LogP contribution in [0.25, 0.3) is 10.6 Å². The molecule has 0 spiro atoms. The normalized spacial score (nSPS) is 10.7. The van der Waals surface area contributed by atoms with Crippen LogP contribution in [0, 0.1) is 0 Å². The minimum atomic E-state index is -0.880. The van der Waals surface area contributed by atoms with Gasteiger partial charge in [-0.1, -0.05) is 6.92 Å². The molecule has 3 rings (SSSR count). The number of thiophene rings is 1. The van der Waals surface area contributed by atoms with Crippen molar-refractivity contribution in [3.63, 3.8) is 0 Å². The monoisotopic (exact) mass is 472 g/mol. The first-order valence-electron chi connectivity index (χ1n) is 10.3. The van der Waals surface area contributed by atoms with Crippen LogP contribution in [-0.4, -0.2) is 51.1 Å². The Labute approximate surface area is 196 Å². The van der Waals surface area contributed by atoms with Gasteiger partial charge in [0.15, 0.2) is 5.56 Å². The summed E-state index contributed by atoms with van der Waals surface area (Å²) in [6.07, 6.45) is 0.403. The highest BCUT2D eigenvalue weighted by Gasteiger charge is 2.28. The van der Waals surface area contributed by atoms with Crippen molar-refractivity contribution in [3.8, 4) is 27.8 Å². The van der Waals surface area contributed by atoms with E-state index in [1.165, 1.54) is 23.0 Å². The second kappa shape index (κ2) is 9.99. The number of ether oxygens (including phenoxy) is 3. The number of carbonyl (C=O) groups excluding carboxylic acids is 1. The lowest BCUT2D eigenvalue weighted by molar-refractivity contribution is 0.0594. The summed E-state index contributed by atoms with van der Waals surface area (Å²) in [7, 11) is 8.15. The molecule has 0 atom stereocenters. The number of pyridine rings is 1. The molecule has 0 unspecified atom stereocenters. The van der Waals surface area contributed by atoms with Gasteiger partial charge >= 0.3 is 5.97 Å². The van der Waals surface area contributed by atoms with Crippen molar-refractivity contribution in [2.24, 2.45) is 0 Å². The Morgan fingerprint density at radius 3 is 2.39 bits per heavy atom. The van der Waals surface area contributed by atoms with E-state index in [9.17, 15) is 14.7 Å². The predicted octanol–water partition coefficient (Wildman–Crippen LogP) is 3.76. The molecule has 0 amide bonds. The topological polar surface area (TPSA) is 90.2 Å². The number of benzene rings is 1. The summed E-state index contributed by atoms with van der Waals surface area (Å²) in [4.78, 5) is 28.8. The number of carbonyl (C=O) groups is 1. The van der Waals surface area contributed by atoms with Crippen molar-refractivity contribution in [2.75, 3.05) is 40.3 Å². The fourth-order valence-corrected chi connectivity index (χ4v) is 4.68. The average Bonchev–Trinajstić information content (AvgIpc) is 3.30. The first-order chi connectivity index (χ1) is 15.8. The molecule has 0 aliphatic carbocycles. The summed E-state index contributed by atoms with van der Waals surface area (Å²) < 4.78 is 17.1. The minimum absolute atomic E-state index is 0.119. The second-order valence-electron chi connectivity index (χ2n) is 7.50. The zero-order valence-corrected chi connectivity index (χ0v) is 20.4. The number of aromatic hydroxyl groups is 1. The van der Waals surface area contributed by atoms with Gasteiger partial charge in [0.1, 0.15) is 17.2 Å². The number of nitrogens with zero attached hydrogens (tertiary/aromatic N) is 2. The summed E-state index contributed by atoms with van der Waals surface area (Å²) in [6.45, 7) is 1.98. The molecule has 0 aliphatic heterocycles. The van der Waals surface area contributed by atoms with Crippen LogP contribution >= 0.6 is 11.3 Å². The number of esters is 1. The highest BCUT2D eigenvalue weighted by atomic mass is 32.1. The van der Waals surface area contributed by atoms with Gasteiger partial charge in [-0.15, -0.1) is 11.3 Å². The SMILES string of the molecule is CCc1c(O)c(C(=O)OC)c(=O)n(Cc2ccc(OC)cc2OC)c1-c1ccc(N(C)C)s1. The maximum Gasteiger partial charge on any atom is 0.347 e. The minimum Gasteiger partial charge on any atom is -0.506 e. The van der Waals surface area contributed by atoms with E-state index in [1.54, 1.807) is 26.4 Å². The number of anilines is 1. The van der Waals surface area contributed by atoms with Crippen LogP contribution in [0.5, 0.6) is 17.2 Å². The summed E-state index contributed by atoms with van der Waals surface area (Å²) in [5.74, 6) is -0.0678. The Morgan fingerprint density at radius 1 is 1.12 bits per heavy atom. The van der Waals surface area contributed by atoms with E-state index in [2.05, 4.69) is 0 Å². The van der Waals surface area contributed by atoms with Crippen molar-refractivity contribution < 1.29 is 24.1 Å². The molecule has 8 nitrogen and oxygen atoms in total. The fourth-order valence-electron chi connectivity index (χ4n) is 3.67. The van der Waals surface area contributed by atoms with Gasteiger partial charge in [0, 0.05) is 31.3 Å². The van der Waals surface area contributed by atoms with Crippen molar-refractivity contribution in [2.45, 2.75) is 19.9 Å². The first kappa shape index (κ1) is 24.2. The third kappa shape index (κ3) is 4.54. The van der Waals surface area contributed by atoms with Crippen LogP contribution in [0.4, 0.5) is 5.00 Å². The van der Waals surface area contributed by atoms with Crippen LogP contribution in [-0.2, 0) is 17.7 Å². The Kier molecular flexibility index (Phi) is 7.33. The summed E-state index contributed by atoms with van der Waals surface area (Å²) in [6, 6.07) is 9.18. The largest absolute Gasteiger partial charge is 0.506 e. The molecule has 0 saturated heterocycles. The Bertz CT molecular complexity index is 1230. The van der Waals surface area contributed by atoms with Gasteiger partial charge in [-0.05, 0) is 30.7 Å². The summed E-state index contributed by atoms with van der Waals surface area (Å²) >= 11 is 1.49. The van der Waals surface area contributed by atoms with Gasteiger partial charge in [-0.3, -0.25) is 4.79 Å². The number of hydrogen-bond donors (Lipinski definition) is 1. The average molecular weight is 473 g/mol. The van der Waals surface area contributed by atoms with Crippen molar-refractivity contribution in [3.05, 3.63) is 57.4 Å². The number of hydrogen-bond acceptors (Lipinski definition) is 8. The molecule has 0 fully saturated rings. The van der Waals surface area contributed by atoms with Gasteiger partial charge in [0.25, 0.3) is 5.56 Å². The first-order valence-corrected chi connectivity index (χ1v) is 11.1. The van der Waals surface area contributed by atoms with Crippen molar-refractivity contribution in [1.82, 2.24) is 4.57 Å². The maximum absolute atomic E-state index is 13.6. The van der Waals surface area contributed by atoms with Gasteiger partial charge in [-0.2, -0.15) is 0 Å². The quantitative estimate of drug-likeness (QED) is 0.499. The number of aromatic nitrogens is 1. The molecule has 33 heavy (non-hydrogen) atoms. The van der Waals surface area contributed by atoms with Crippen molar-refractivity contribution in [1.29, 1.82) is 0 Å². The highest BCUT2D eigenvalue weighted by molar-refractivity contribution is 7.19. The van der Waals surface area contributed by atoms with E-state index in [0.717, 1.165) is 15.4 Å². The van der Waals surface area contributed by atoms with Crippen LogP contribution in [0.3, 0.4) is 0 Å². The maximum atomic E-state index is 13.6. The standard InChI is InChI=1S/C24H28N2O6S/c1-7-16-21(18-10-11-19(33-18)25(2)3)26(23(28)20(22(16)27)24(29)32-6)13-14-8-9-15(30-4)12-17(14)31-5/h8-12,27H,7,13H2,1-6H3. The second-order valence-corrected chi connectivity index (χ2v) is 8.56. The van der Waals surface area contributed by atoms with Gasteiger partial charge < -0.3 is 28.8 Å². The van der Waals surface area contributed by atoms with E-state index in [1.807, 2.05) is 44.1 Å². The molecule has 2 aromatic heterocycles. The lowest BCUT2D eigenvalue weighted by Crippen LogP contribution is -2.30. The summed E-state index contributed by atoms with van der Waals surface area (Å²) in [5, 5.41) is 11.9. The third-order valence-electron chi connectivity index (χ3n) is 5.37. The molecule has 2 heterocycles. The molecule has 3 aromatic rings. The van der Waals surface area contributed by atoms with Crippen LogP contribution < -0.4 is 19.9 Å². The Hall–Kier alpha value is -3.46. The van der Waals surface area contributed by atoms with Gasteiger partial charge in [0.2, 0.25) is 0 Å². The molecular formula is C24H28N2O6S. The molecule has 1 aromatic carbocycles. The molecule has 1 N–H and O–H groups in total. The van der Waals surface area contributed by atoms with E-state index < -0.39 is 11.5 Å². The van der Waals surface area contributed by atoms with E-state index in [4.69, 9.17) is 14.2 Å². The zero-order valence-electron chi connectivity index (χ0n) is 19.6. The molecule has 0 aliphatic rings. The van der Waals surface area contributed by atoms with Crippen LogP contribution in [0.1, 0.15) is 28.4 Å². The molecule has 0 bridgehead atoms. The lowest BCUT2D eigenvalue weighted by Gasteiger charge is -2.20. The predicted molar refractivity (Wildman–Crippen MR) is 129 cm³/mol. The van der Waals surface area contributed by atoms with E-state index in [0.29, 0.717) is 29.2 Å². The fraction of sp³-hybridized carbons (Fsp3) is 0.333. The molecule has 0 saturated carbocycles. The smallest absolute Gasteiger partial charge is 0.347 e. The zero-order chi connectivity index (χ0) is 24.3. The molecular weight excluding hydrogens is 444 g/mol. The summed E-state index contributed by atoms with van der Waals surface area (Å²) in [5.41, 5.74) is 0.757. The Balaban J connectivity index is 2.34. The molecule has 0 radical (unpaired) electrons.